The molecule has 2 rings (SSSR count). The lowest BCUT2D eigenvalue weighted by Crippen LogP contribution is -2.02. The molecule has 0 aliphatic carbocycles. The van der Waals surface area contributed by atoms with Crippen molar-refractivity contribution < 1.29 is 0 Å². The van der Waals surface area contributed by atoms with Gasteiger partial charge in [0.25, 0.3) is 0 Å². The minimum atomic E-state index is 0.429. The lowest BCUT2D eigenvalue weighted by Gasteiger charge is -2.08. The van der Waals surface area contributed by atoms with E-state index in [4.69, 9.17) is 11.6 Å². The molecular formula is C13H16ClN3. The van der Waals surface area contributed by atoms with Gasteiger partial charge in [0.2, 0.25) is 0 Å². The van der Waals surface area contributed by atoms with Crippen LogP contribution in [0.25, 0.3) is 5.69 Å². The van der Waals surface area contributed by atoms with Crippen LogP contribution in [0.3, 0.4) is 0 Å². The van der Waals surface area contributed by atoms with E-state index >= 15 is 0 Å². The highest BCUT2D eigenvalue weighted by atomic mass is 35.5. The SMILES string of the molecule is Cc1cc(-n2ccc(C(C)C)n2)c(CCl)cn1. The molecule has 0 fully saturated rings. The van der Waals surface area contributed by atoms with Crippen LogP contribution >= 0.6 is 11.6 Å². The van der Waals surface area contributed by atoms with Gasteiger partial charge in [-0.2, -0.15) is 5.10 Å². The quantitative estimate of drug-likeness (QED) is 0.781. The molecule has 4 heteroatoms. The average molecular weight is 250 g/mol. The molecule has 0 atom stereocenters. The predicted molar refractivity (Wildman–Crippen MR) is 69.7 cm³/mol. The highest BCUT2D eigenvalue weighted by Gasteiger charge is 2.08. The molecule has 2 aromatic rings. The molecule has 0 aliphatic heterocycles. The van der Waals surface area contributed by atoms with Crippen molar-refractivity contribution in [3.63, 3.8) is 0 Å². The fraction of sp³-hybridized carbons (Fsp3) is 0.385. The summed E-state index contributed by atoms with van der Waals surface area (Å²) in [5.41, 5.74) is 4.06. The third-order valence-corrected chi connectivity index (χ3v) is 2.98. The predicted octanol–water partition coefficient (Wildman–Crippen LogP) is 3.44. The van der Waals surface area contributed by atoms with Crippen molar-refractivity contribution in [3.8, 4) is 5.69 Å². The molecule has 90 valence electrons. The molecule has 0 unspecified atom stereocenters. The first-order valence-electron chi connectivity index (χ1n) is 5.69. The summed E-state index contributed by atoms with van der Waals surface area (Å²) in [4.78, 5) is 4.25. The maximum Gasteiger partial charge on any atom is 0.0723 e. The minimum Gasteiger partial charge on any atom is -0.261 e. The lowest BCUT2D eigenvalue weighted by molar-refractivity contribution is 0.764. The molecule has 0 N–H and O–H groups in total. The summed E-state index contributed by atoms with van der Waals surface area (Å²) in [5.74, 6) is 0.873. The number of nitrogens with zero attached hydrogens (tertiary/aromatic N) is 3. The molecule has 2 aromatic heterocycles. The molecule has 0 bridgehead atoms. The molecule has 0 spiro atoms. The summed E-state index contributed by atoms with van der Waals surface area (Å²) in [6, 6.07) is 4.05. The van der Waals surface area contributed by atoms with Crippen LogP contribution in [0.1, 0.15) is 36.7 Å². The number of hydrogen-bond donors (Lipinski definition) is 0. The zero-order valence-corrected chi connectivity index (χ0v) is 11.1. The fourth-order valence-corrected chi connectivity index (χ4v) is 1.88. The van der Waals surface area contributed by atoms with Crippen LogP contribution < -0.4 is 0 Å². The Morgan fingerprint density at radius 1 is 1.41 bits per heavy atom. The van der Waals surface area contributed by atoms with Crippen LogP contribution in [0.5, 0.6) is 0 Å². The largest absolute Gasteiger partial charge is 0.261 e. The summed E-state index contributed by atoms with van der Waals surface area (Å²) in [5, 5.41) is 4.56. The summed E-state index contributed by atoms with van der Waals surface area (Å²) in [6.45, 7) is 6.23. The molecule has 3 nitrogen and oxygen atoms in total. The van der Waals surface area contributed by atoms with Crippen molar-refractivity contribution in [1.29, 1.82) is 0 Å². The van der Waals surface area contributed by atoms with Gasteiger partial charge in [0.15, 0.2) is 0 Å². The van der Waals surface area contributed by atoms with E-state index in [0.717, 1.165) is 22.6 Å². The van der Waals surface area contributed by atoms with Gasteiger partial charge in [0, 0.05) is 23.7 Å². The van der Waals surface area contributed by atoms with Gasteiger partial charge in [-0.15, -0.1) is 11.6 Å². The molecule has 0 saturated heterocycles. The molecule has 0 radical (unpaired) electrons. The summed E-state index contributed by atoms with van der Waals surface area (Å²) in [7, 11) is 0. The number of halogens is 1. The highest BCUT2D eigenvalue weighted by molar-refractivity contribution is 6.17. The van der Waals surface area contributed by atoms with Crippen molar-refractivity contribution in [2.24, 2.45) is 0 Å². The van der Waals surface area contributed by atoms with E-state index in [1.807, 2.05) is 36.1 Å². The second-order valence-electron chi connectivity index (χ2n) is 4.43. The Labute approximate surface area is 106 Å². The molecule has 2 heterocycles. The van der Waals surface area contributed by atoms with E-state index in [1.165, 1.54) is 0 Å². The topological polar surface area (TPSA) is 30.7 Å². The van der Waals surface area contributed by atoms with Crippen LogP contribution in [0.15, 0.2) is 24.5 Å². The number of alkyl halides is 1. The first-order valence-corrected chi connectivity index (χ1v) is 6.22. The van der Waals surface area contributed by atoms with Gasteiger partial charge in [-0.1, -0.05) is 13.8 Å². The molecule has 17 heavy (non-hydrogen) atoms. The van der Waals surface area contributed by atoms with Crippen molar-refractivity contribution in [3.05, 3.63) is 41.5 Å². The summed E-state index contributed by atoms with van der Waals surface area (Å²) < 4.78 is 1.88. The van der Waals surface area contributed by atoms with Crippen LogP contribution in [-0.4, -0.2) is 14.8 Å². The zero-order chi connectivity index (χ0) is 12.4. The number of pyridine rings is 1. The van der Waals surface area contributed by atoms with Crippen molar-refractivity contribution in [2.75, 3.05) is 0 Å². The third kappa shape index (κ3) is 2.50. The second kappa shape index (κ2) is 4.88. The number of hydrogen-bond acceptors (Lipinski definition) is 2. The Morgan fingerprint density at radius 2 is 2.18 bits per heavy atom. The van der Waals surface area contributed by atoms with Crippen LogP contribution in [0.2, 0.25) is 0 Å². The van der Waals surface area contributed by atoms with Gasteiger partial charge in [-0.25, -0.2) is 4.68 Å². The van der Waals surface area contributed by atoms with Gasteiger partial charge in [0.05, 0.1) is 17.3 Å². The van der Waals surface area contributed by atoms with Gasteiger partial charge in [-0.05, 0) is 25.0 Å². The number of aromatic nitrogens is 3. The molecule has 0 amide bonds. The van der Waals surface area contributed by atoms with Crippen LogP contribution in [0.4, 0.5) is 0 Å². The Kier molecular flexibility index (Phi) is 3.48. The van der Waals surface area contributed by atoms with E-state index in [0.29, 0.717) is 11.8 Å². The van der Waals surface area contributed by atoms with Gasteiger partial charge >= 0.3 is 0 Å². The summed E-state index contributed by atoms with van der Waals surface area (Å²) >= 11 is 5.92. The van der Waals surface area contributed by atoms with E-state index in [1.54, 1.807) is 0 Å². The maximum absolute atomic E-state index is 5.92. The monoisotopic (exact) mass is 249 g/mol. The Balaban J connectivity index is 2.47. The number of rotatable bonds is 3. The average Bonchev–Trinajstić information content (AvgIpc) is 2.78. The second-order valence-corrected chi connectivity index (χ2v) is 4.70. The molecular weight excluding hydrogens is 234 g/mol. The van der Waals surface area contributed by atoms with E-state index in [9.17, 15) is 0 Å². The first kappa shape index (κ1) is 12.1. The standard InChI is InChI=1S/C13H16ClN3/c1-9(2)12-4-5-17(16-12)13-6-10(3)15-8-11(13)7-14/h4-6,8-9H,7H2,1-3H3. The lowest BCUT2D eigenvalue weighted by atomic mass is 10.1. The van der Waals surface area contributed by atoms with E-state index in [2.05, 4.69) is 23.9 Å². The first-order chi connectivity index (χ1) is 8.11. The molecule has 0 aliphatic rings. The minimum absolute atomic E-state index is 0.429. The summed E-state index contributed by atoms with van der Waals surface area (Å²) in [6.07, 6.45) is 3.79. The fourth-order valence-electron chi connectivity index (χ4n) is 1.67. The van der Waals surface area contributed by atoms with Gasteiger partial charge in [0.1, 0.15) is 0 Å². The Morgan fingerprint density at radius 3 is 2.76 bits per heavy atom. The maximum atomic E-state index is 5.92. The zero-order valence-electron chi connectivity index (χ0n) is 10.3. The van der Waals surface area contributed by atoms with Crippen molar-refractivity contribution in [2.45, 2.75) is 32.6 Å². The molecule has 0 saturated carbocycles. The highest BCUT2D eigenvalue weighted by Crippen LogP contribution is 2.18. The normalized spacial score (nSPS) is 11.1. The van der Waals surface area contributed by atoms with E-state index < -0.39 is 0 Å². The Bertz CT molecular complexity index is 517. The van der Waals surface area contributed by atoms with Crippen LogP contribution in [0, 0.1) is 6.92 Å². The number of aryl methyl sites for hydroxylation is 1. The smallest absolute Gasteiger partial charge is 0.0723 e. The molecule has 0 aromatic carbocycles. The van der Waals surface area contributed by atoms with Gasteiger partial charge in [-0.3, -0.25) is 4.98 Å². The van der Waals surface area contributed by atoms with E-state index in [-0.39, 0.29) is 0 Å². The van der Waals surface area contributed by atoms with Crippen molar-refractivity contribution >= 4 is 11.6 Å². The van der Waals surface area contributed by atoms with Crippen molar-refractivity contribution in [1.82, 2.24) is 14.8 Å². The van der Waals surface area contributed by atoms with Crippen LogP contribution in [-0.2, 0) is 5.88 Å². The van der Waals surface area contributed by atoms with Gasteiger partial charge < -0.3 is 0 Å². The Hall–Kier alpha value is -1.35. The third-order valence-electron chi connectivity index (χ3n) is 2.69.